The molecular formula is C38H32N8O4. The van der Waals surface area contributed by atoms with Crippen LogP contribution in [0.25, 0.3) is 0 Å². The molecule has 6 aromatic rings. The van der Waals surface area contributed by atoms with E-state index >= 15 is 0 Å². The molecule has 0 spiro atoms. The molecule has 0 aliphatic carbocycles. The van der Waals surface area contributed by atoms with E-state index < -0.39 is 0 Å². The van der Waals surface area contributed by atoms with Crippen LogP contribution in [0.4, 0.5) is 34.4 Å². The van der Waals surface area contributed by atoms with E-state index in [0.717, 1.165) is 0 Å². The van der Waals surface area contributed by atoms with Gasteiger partial charge in [0.05, 0.1) is 37.0 Å². The van der Waals surface area contributed by atoms with E-state index in [9.17, 15) is 9.59 Å². The predicted octanol–water partition coefficient (Wildman–Crippen LogP) is 9.52. The fraction of sp³-hybridized carbons (Fsp3) is 0.0526. The number of rotatable bonds is 10. The molecule has 0 atom stereocenters. The minimum absolute atomic E-state index is 0.207. The van der Waals surface area contributed by atoms with Crippen molar-refractivity contribution in [3.63, 3.8) is 0 Å². The van der Waals surface area contributed by atoms with E-state index in [1.165, 1.54) is 14.2 Å². The number of aromatic nitrogens is 2. The number of hydrogen-bond acceptors (Lipinski definition) is 10. The van der Waals surface area contributed by atoms with Gasteiger partial charge in [0.15, 0.2) is 11.6 Å². The van der Waals surface area contributed by atoms with E-state index in [4.69, 9.17) is 9.47 Å². The molecule has 0 radical (unpaired) electrons. The van der Waals surface area contributed by atoms with Crippen LogP contribution in [0.15, 0.2) is 166 Å². The second-order valence-electron chi connectivity index (χ2n) is 10.2. The molecule has 6 rings (SSSR count). The smallest absolute Gasteiger partial charge is 0.255 e. The average molecular weight is 665 g/mol. The molecular weight excluding hydrogens is 632 g/mol. The number of pyridine rings is 2. The van der Waals surface area contributed by atoms with Gasteiger partial charge in [0, 0.05) is 35.7 Å². The highest BCUT2D eigenvalue weighted by Crippen LogP contribution is 2.32. The highest BCUT2D eigenvalue weighted by Gasteiger charge is 2.11. The first-order valence-corrected chi connectivity index (χ1v) is 15.3. The molecule has 0 bridgehead atoms. The van der Waals surface area contributed by atoms with Gasteiger partial charge in [-0.05, 0) is 72.8 Å². The quantitative estimate of drug-likeness (QED) is 0.139. The highest BCUT2D eigenvalue weighted by atomic mass is 16.5. The first-order valence-electron chi connectivity index (χ1n) is 15.3. The van der Waals surface area contributed by atoms with Crippen molar-refractivity contribution >= 4 is 46.2 Å². The van der Waals surface area contributed by atoms with Crippen molar-refractivity contribution in [3.05, 3.63) is 157 Å². The number of anilines is 2. The predicted molar refractivity (Wildman–Crippen MR) is 192 cm³/mol. The molecule has 0 fully saturated rings. The lowest BCUT2D eigenvalue weighted by molar-refractivity contribution is 0.101. The van der Waals surface area contributed by atoms with Crippen molar-refractivity contribution in [1.29, 1.82) is 0 Å². The molecule has 0 aliphatic rings. The summed E-state index contributed by atoms with van der Waals surface area (Å²) in [6, 6.07) is 39.1. The Hall–Kier alpha value is -7.08. The number of carbonyl (C=O) groups is 2. The van der Waals surface area contributed by atoms with Crippen LogP contribution in [0.5, 0.6) is 11.5 Å². The Morgan fingerprint density at radius 2 is 0.900 bits per heavy atom. The molecule has 12 heteroatoms. The van der Waals surface area contributed by atoms with Crippen molar-refractivity contribution in [3.8, 4) is 11.5 Å². The lowest BCUT2D eigenvalue weighted by Gasteiger charge is -2.10. The van der Waals surface area contributed by atoms with E-state index in [-0.39, 0.29) is 11.8 Å². The lowest BCUT2D eigenvalue weighted by atomic mass is 10.2. The molecule has 0 aliphatic heterocycles. The van der Waals surface area contributed by atoms with E-state index in [1.807, 2.05) is 60.7 Å². The summed E-state index contributed by atoms with van der Waals surface area (Å²) in [5, 5.41) is 22.0. The van der Waals surface area contributed by atoms with E-state index in [1.54, 1.807) is 85.2 Å². The van der Waals surface area contributed by atoms with Crippen LogP contribution in [0.1, 0.15) is 20.7 Å². The SMILES string of the molecule is COc1cc(N=Nc2ccccn2)ccc1NC(=O)c1ccccc1.COc1cc(N=Nc2ccccn2)ccc1NC(=O)c1ccccc1. The molecule has 0 saturated heterocycles. The maximum absolute atomic E-state index is 12.3. The van der Waals surface area contributed by atoms with Gasteiger partial charge in [-0.1, -0.05) is 48.5 Å². The first-order chi connectivity index (χ1) is 24.5. The summed E-state index contributed by atoms with van der Waals surface area (Å²) < 4.78 is 10.7. The Kier molecular flexibility index (Phi) is 12.1. The van der Waals surface area contributed by atoms with Gasteiger partial charge in [0.25, 0.3) is 11.8 Å². The standard InChI is InChI=1S/2C19H16N4O2/c2*1-25-17-13-15(22-23-18-9-5-6-12-20-18)10-11-16(17)21-19(24)14-7-3-2-4-8-14/h2*2-13H,1H3,(H,21,24). The molecule has 50 heavy (non-hydrogen) atoms. The average Bonchev–Trinajstić information content (AvgIpc) is 3.18. The van der Waals surface area contributed by atoms with Gasteiger partial charge < -0.3 is 20.1 Å². The second kappa shape index (κ2) is 17.7. The number of hydrogen-bond donors (Lipinski definition) is 2. The van der Waals surface area contributed by atoms with Crippen LogP contribution in [0.3, 0.4) is 0 Å². The van der Waals surface area contributed by atoms with Crippen LogP contribution < -0.4 is 20.1 Å². The minimum atomic E-state index is -0.207. The molecule has 12 nitrogen and oxygen atoms in total. The molecule has 2 amide bonds. The number of carbonyl (C=O) groups excluding carboxylic acids is 2. The number of benzene rings is 4. The van der Waals surface area contributed by atoms with Crippen LogP contribution >= 0.6 is 0 Å². The van der Waals surface area contributed by atoms with E-state index in [2.05, 4.69) is 41.1 Å². The maximum Gasteiger partial charge on any atom is 0.255 e. The minimum Gasteiger partial charge on any atom is -0.494 e. The molecule has 2 aromatic heterocycles. The molecule has 4 aromatic carbocycles. The van der Waals surface area contributed by atoms with E-state index in [0.29, 0.717) is 57.0 Å². The summed E-state index contributed by atoms with van der Waals surface area (Å²) in [5.74, 6) is 1.62. The Labute approximate surface area is 288 Å². The molecule has 0 unspecified atom stereocenters. The Morgan fingerprint density at radius 3 is 1.26 bits per heavy atom. The van der Waals surface area contributed by atoms with Crippen molar-refractivity contribution in [2.24, 2.45) is 20.5 Å². The summed E-state index contributed by atoms with van der Waals surface area (Å²) in [7, 11) is 3.07. The number of nitrogens with zero attached hydrogens (tertiary/aromatic N) is 6. The highest BCUT2D eigenvalue weighted by molar-refractivity contribution is 6.05. The summed E-state index contributed by atoms with van der Waals surface area (Å²) in [6.45, 7) is 0. The Morgan fingerprint density at radius 1 is 0.500 bits per heavy atom. The topological polar surface area (TPSA) is 152 Å². The van der Waals surface area contributed by atoms with Gasteiger partial charge in [-0.2, -0.15) is 0 Å². The molecule has 2 heterocycles. The van der Waals surface area contributed by atoms with Crippen LogP contribution in [-0.4, -0.2) is 36.0 Å². The van der Waals surface area contributed by atoms with Crippen LogP contribution in [-0.2, 0) is 0 Å². The zero-order chi connectivity index (χ0) is 35.0. The number of ether oxygens (including phenoxy) is 2. The van der Waals surface area contributed by atoms with Crippen molar-refractivity contribution in [2.45, 2.75) is 0 Å². The van der Waals surface area contributed by atoms with Gasteiger partial charge in [-0.3, -0.25) is 9.59 Å². The summed E-state index contributed by atoms with van der Waals surface area (Å²) in [4.78, 5) is 32.7. The second-order valence-corrected chi connectivity index (χ2v) is 10.2. The Balaban J connectivity index is 0.000000194. The fourth-order valence-electron chi connectivity index (χ4n) is 4.30. The molecule has 248 valence electrons. The van der Waals surface area contributed by atoms with Gasteiger partial charge >= 0.3 is 0 Å². The fourth-order valence-corrected chi connectivity index (χ4v) is 4.30. The normalized spacial score (nSPS) is 10.6. The molecule has 2 N–H and O–H groups in total. The Bertz CT molecular complexity index is 1910. The third kappa shape index (κ3) is 9.96. The zero-order valence-corrected chi connectivity index (χ0v) is 27.2. The van der Waals surface area contributed by atoms with Gasteiger partial charge in [0.1, 0.15) is 11.5 Å². The number of nitrogens with one attached hydrogen (secondary N) is 2. The van der Waals surface area contributed by atoms with Gasteiger partial charge in [0.2, 0.25) is 0 Å². The van der Waals surface area contributed by atoms with Crippen molar-refractivity contribution in [2.75, 3.05) is 24.9 Å². The summed E-state index contributed by atoms with van der Waals surface area (Å²) in [6.07, 6.45) is 3.30. The van der Waals surface area contributed by atoms with Crippen molar-refractivity contribution < 1.29 is 19.1 Å². The number of azo groups is 2. The number of methoxy groups -OCH3 is 2. The summed E-state index contributed by atoms with van der Waals surface area (Å²) in [5.41, 5.74) is 3.47. The van der Waals surface area contributed by atoms with Crippen LogP contribution in [0, 0.1) is 0 Å². The lowest BCUT2D eigenvalue weighted by Crippen LogP contribution is -2.12. The monoisotopic (exact) mass is 664 g/mol. The van der Waals surface area contributed by atoms with Crippen LogP contribution in [0.2, 0.25) is 0 Å². The number of amides is 2. The first kappa shape index (κ1) is 34.3. The summed E-state index contributed by atoms with van der Waals surface area (Å²) >= 11 is 0. The molecule has 0 saturated carbocycles. The maximum atomic E-state index is 12.3. The third-order valence-corrected chi connectivity index (χ3v) is 6.77. The van der Waals surface area contributed by atoms with Gasteiger partial charge in [-0.15, -0.1) is 20.5 Å². The van der Waals surface area contributed by atoms with Gasteiger partial charge in [-0.25, -0.2) is 9.97 Å². The third-order valence-electron chi connectivity index (χ3n) is 6.77. The zero-order valence-electron chi connectivity index (χ0n) is 27.2. The largest absolute Gasteiger partial charge is 0.494 e. The van der Waals surface area contributed by atoms with Crippen molar-refractivity contribution in [1.82, 2.24) is 9.97 Å².